The SMILES string of the molecule is CCCC1CC2CCCC(C1)N2C(=O)OCC1c2ccccc2-c2ccccc21. The lowest BCUT2D eigenvalue weighted by atomic mass is 9.77. The van der Waals surface area contributed by atoms with E-state index < -0.39 is 0 Å². The van der Waals surface area contributed by atoms with Crippen molar-refractivity contribution < 1.29 is 9.53 Å². The molecule has 3 heteroatoms. The van der Waals surface area contributed by atoms with E-state index in [0.29, 0.717) is 18.7 Å². The molecule has 3 nitrogen and oxygen atoms in total. The Morgan fingerprint density at radius 2 is 1.55 bits per heavy atom. The van der Waals surface area contributed by atoms with Crippen molar-refractivity contribution in [1.82, 2.24) is 4.90 Å². The summed E-state index contributed by atoms with van der Waals surface area (Å²) in [4.78, 5) is 15.3. The Hall–Kier alpha value is -2.29. The molecule has 2 aromatic carbocycles. The van der Waals surface area contributed by atoms with E-state index in [2.05, 4.69) is 60.4 Å². The maximum absolute atomic E-state index is 13.2. The van der Waals surface area contributed by atoms with Gasteiger partial charge in [0, 0.05) is 18.0 Å². The Labute approximate surface area is 174 Å². The summed E-state index contributed by atoms with van der Waals surface area (Å²) in [6, 6.07) is 17.8. The lowest BCUT2D eigenvalue weighted by Crippen LogP contribution is -2.55. The summed E-state index contributed by atoms with van der Waals surface area (Å²) in [5.41, 5.74) is 5.12. The molecule has 152 valence electrons. The minimum atomic E-state index is -0.0866. The van der Waals surface area contributed by atoms with Crippen LogP contribution in [-0.4, -0.2) is 29.7 Å². The highest BCUT2D eigenvalue weighted by molar-refractivity contribution is 5.79. The molecule has 3 aliphatic rings. The predicted octanol–water partition coefficient (Wildman–Crippen LogP) is 6.37. The molecule has 2 heterocycles. The van der Waals surface area contributed by atoms with Gasteiger partial charge < -0.3 is 9.64 Å². The molecule has 0 radical (unpaired) electrons. The Bertz CT molecular complexity index is 832. The maximum Gasteiger partial charge on any atom is 0.410 e. The van der Waals surface area contributed by atoms with Gasteiger partial charge in [-0.05, 0) is 60.3 Å². The first-order valence-corrected chi connectivity index (χ1v) is 11.4. The first-order chi connectivity index (χ1) is 14.3. The fourth-order valence-corrected chi connectivity index (χ4v) is 6.10. The van der Waals surface area contributed by atoms with E-state index in [1.807, 2.05) is 0 Å². The molecular weight excluding hydrogens is 358 g/mol. The molecule has 2 saturated heterocycles. The number of rotatable bonds is 4. The van der Waals surface area contributed by atoms with Gasteiger partial charge in [-0.2, -0.15) is 0 Å². The monoisotopic (exact) mass is 389 g/mol. The zero-order valence-electron chi connectivity index (χ0n) is 17.3. The van der Waals surface area contributed by atoms with Crippen LogP contribution >= 0.6 is 0 Å². The van der Waals surface area contributed by atoms with E-state index >= 15 is 0 Å². The van der Waals surface area contributed by atoms with Gasteiger partial charge in [0.2, 0.25) is 0 Å². The van der Waals surface area contributed by atoms with E-state index in [4.69, 9.17) is 4.74 Å². The second-order valence-corrected chi connectivity index (χ2v) is 9.08. The van der Waals surface area contributed by atoms with Gasteiger partial charge in [0.05, 0.1) is 0 Å². The molecule has 2 aliphatic heterocycles. The van der Waals surface area contributed by atoms with Crippen LogP contribution in [0.25, 0.3) is 11.1 Å². The average Bonchev–Trinajstić information content (AvgIpc) is 3.05. The Morgan fingerprint density at radius 3 is 2.14 bits per heavy atom. The predicted molar refractivity (Wildman–Crippen MR) is 116 cm³/mol. The Morgan fingerprint density at radius 1 is 0.966 bits per heavy atom. The lowest BCUT2D eigenvalue weighted by molar-refractivity contribution is 0.00370. The van der Waals surface area contributed by atoms with Crippen LogP contribution in [0.3, 0.4) is 0 Å². The summed E-state index contributed by atoms with van der Waals surface area (Å²) in [7, 11) is 0. The third kappa shape index (κ3) is 3.35. The summed E-state index contributed by atoms with van der Waals surface area (Å²) < 4.78 is 6.00. The van der Waals surface area contributed by atoms with Crippen LogP contribution in [0.5, 0.6) is 0 Å². The molecule has 2 bridgehead atoms. The summed E-state index contributed by atoms with van der Waals surface area (Å²) in [6.07, 6.45) is 8.31. The van der Waals surface area contributed by atoms with Gasteiger partial charge in [-0.1, -0.05) is 68.3 Å². The summed E-state index contributed by atoms with van der Waals surface area (Å²) in [5, 5.41) is 0. The van der Waals surface area contributed by atoms with Gasteiger partial charge in [-0.3, -0.25) is 0 Å². The van der Waals surface area contributed by atoms with Crippen LogP contribution in [0, 0.1) is 5.92 Å². The first kappa shape index (κ1) is 18.7. The van der Waals surface area contributed by atoms with Crippen molar-refractivity contribution in [2.75, 3.05) is 6.61 Å². The molecule has 0 N–H and O–H groups in total. The van der Waals surface area contributed by atoms with E-state index in [1.165, 1.54) is 41.5 Å². The molecule has 1 amide bonds. The van der Waals surface area contributed by atoms with Crippen LogP contribution in [0.15, 0.2) is 48.5 Å². The topological polar surface area (TPSA) is 29.5 Å². The van der Waals surface area contributed by atoms with E-state index in [9.17, 15) is 4.79 Å². The molecule has 2 unspecified atom stereocenters. The van der Waals surface area contributed by atoms with Crippen LogP contribution < -0.4 is 0 Å². The molecule has 0 saturated carbocycles. The van der Waals surface area contributed by atoms with Crippen molar-refractivity contribution in [2.45, 2.75) is 69.9 Å². The molecule has 5 rings (SSSR count). The molecule has 0 spiro atoms. The molecule has 2 atom stereocenters. The zero-order chi connectivity index (χ0) is 19.8. The van der Waals surface area contributed by atoms with Crippen molar-refractivity contribution in [2.24, 2.45) is 5.92 Å². The number of carbonyl (C=O) groups excluding carboxylic acids is 1. The van der Waals surface area contributed by atoms with Gasteiger partial charge >= 0.3 is 6.09 Å². The molecule has 29 heavy (non-hydrogen) atoms. The molecular formula is C26H31NO2. The number of carbonyl (C=O) groups is 1. The van der Waals surface area contributed by atoms with Gasteiger partial charge in [0.15, 0.2) is 0 Å². The van der Waals surface area contributed by atoms with Crippen molar-refractivity contribution in [3.05, 3.63) is 59.7 Å². The van der Waals surface area contributed by atoms with Gasteiger partial charge in [-0.25, -0.2) is 4.79 Å². The fraction of sp³-hybridized carbons (Fsp3) is 0.500. The average molecular weight is 390 g/mol. The highest BCUT2D eigenvalue weighted by Gasteiger charge is 2.41. The number of fused-ring (bicyclic) bond motifs is 5. The lowest BCUT2D eigenvalue weighted by Gasteiger charge is -2.48. The standard InChI is InChI=1S/C26H31NO2/c1-2-8-18-15-19-9-7-10-20(16-18)27(19)26(28)29-17-25-23-13-5-3-11-21(23)22-12-4-6-14-24(22)25/h3-6,11-14,18-20,25H,2,7-10,15-17H2,1H3. The third-order valence-corrected chi connectivity index (χ3v) is 7.32. The number of hydrogen-bond donors (Lipinski definition) is 0. The Balaban J connectivity index is 1.31. The number of ether oxygens (including phenoxy) is 1. The largest absolute Gasteiger partial charge is 0.448 e. The number of nitrogens with zero attached hydrogens (tertiary/aromatic N) is 1. The van der Waals surface area contributed by atoms with Crippen molar-refractivity contribution >= 4 is 6.09 Å². The Kier molecular flexibility index (Phi) is 5.07. The second-order valence-electron chi connectivity index (χ2n) is 9.08. The van der Waals surface area contributed by atoms with Crippen LogP contribution in [0.1, 0.15) is 68.9 Å². The normalized spacial score (nSPS) is 25.4. The highest BCUT2D eigenvalue weighted by atomic mass is 16.6. The molecule has 1 aliphatic carbocycles. The van der Waals surface area contributed by atoms with E-state index in [1.54, 1.807) is 0 Å². The number of benzene rings is 2. The summed E-state index contributed by atoms with van der Waals surface area (Å²) in [5.74, 6) is 0.928. The van der Waals surface area contributed by atoms with E-state index in [0.717, 1.165) is 31.6 Å². The van der Waals surface area contributed by atoms with Crippen molar-refractivity contribution in [1.29, 1.82) is 0 Å². The second kappa shape index (κ2) is 7.85. The van der Waals surface area contributed by atoms with Gasteiger partial charge in [0.1, 0.15) is 6.61 Å². The van der Waals surface area contributed by atoms with E-state index in [-0.39, 0.29) is 12.0 Å². The van der Waals surface area contributed by atoms with Gasteiger partial charge in [0.25, 0.3) is 0 Å². The number of hydrogen-bond acceptors (Lipinski definition) is 2. The van der Waals surface area contributed by atoms with Crippen molar-refractivity contribution in [3.63, 3.8) is 0 Å². The molecule has 2 aromatic rings. The number of amides is 1. The van der Waals surface area contributed by atoms with Crippen LogP contribution in [0.2, 0.25) is 0 Å². The minimum absolute atomic E-state index is 0.0866. The van der Waals surface area contributed by atoms with Gasteiger partial charge in [-0.15, -0.1) is 0 Å². The van der Waals surface area contributed by atoms with Crippen molar-refractivity contribution in [3.8, 4) is 11.1 Å². The smallest absolute Gasteiger partial charge is 0.410 e. The fourth-order valence-electron chi connectivity index (χ4n) is 6.10. The molecule has 0 aromatic heterocycles. The summed E-state index contributed by atoms with van der Waals surface area (Å²) >= 11 is 0. The first-order valence-electron chi connectivity index (χ1n) is 11.4. The number of piperidine rings is 2. The quantitative estimate of drug-likeness (QED) is 0.608. The van der Waals surface area contributed by atoms with Crippen LogP contribution in [0.4, 0.5) is 4.79 Å². The summed E-state index contributed by atoms with van der Waals surface area (Å²) in [6.45, 7) is 2.70. The maximum atomic E-state index is 13.2. The zero-order valence-corrected chi connectivity index (χ0v) is 17.3. The highest BCUT2D eigenvalue weighted by Crippen LogP contribution is 2.45. The molecule has 2 fully saturated rings. The third-order valence-electron chi connectivity index (χ3n) is 7.32. The van der Waals surface area contributed by atoms with Crippen LogP contribution in [-0.2, 0) is 4.74 Å². The minimum Gasteiger partial charge on any atom is -0.448 e.